The summed E-state index contributed by atoms with van der Waals surface area (Å²) in [6.45, 7) is 1.75. The summed E-state index contributed by atoms with van der Waals surface area (Å²) in [6.07, 6.45) is 9.45. The lowest BCUT2D eigenvalue weighted by atomic mass is 9.89. The third kappa shape index (κ3) is 9.34. The number of alkyl carbamates (subject to hydrolysis) is 1. The minimum absolute atomic E-state index is 0.282. The van der Waals surface area contributed by atoms with Gasteiger partial charge < -0.3 is 14.6 Å². The molecule has 35 heavy (non-hydrogen) atoms. The van der Waals surface area contributed by atoms with Gasteiger partial charge in [-0.2, -0.15) is 0 Å². The summed E-state index contributed by atoms with van der Waals surface area (Å²) in [7, 11) is 0. The summed E-state index contributed by atoms with van der Waals surface area (Å²) in [5.74, 6) is -1.59. The highest BCUT2D eigenvalue weighted by Gasteiger charge is 2.54. The molecule has 0 unspecified atom stereocenters. The number of Topliss-reactive ketones (excluding diaryl/α,β-unsaturated/α-hetero) is 1. The quantitative estimate of drug-likeness (QED) is 0.208. The number of hydrogen-bond acceptors (Lipinski definition) is 6. The zero-order valence-corrected chi connectivity index (χ0v) is 20.8. The number of carbonyl (C=O) groups excluding carboxylic acids is 3. The minimum Gasteiger partial charge on any atom is -0.479 e. The summed E-state index contributed by atoms with van der Waals surface area (Å²) in [4.78, 5) is 48.3. The van der Waals surface area contributed by atoms with Gasteiger partial charge in [-0.3, -0.25) is 10.1 Å². The fraction of sp³-hybridized carbons (Fsp3) is 0.630. The Kier molecular flexibility index (Phi) is 12.3. The van der Waals surface area contributed by atoms with Crippen molar-refractivity contribution in [2.75, 3.05) is 6.61 Å². The third-order valence-corrected chi connectivity index (χ3v) is 6.43. The van der Waals surface area contributed by atoms with Crippen LogP contribution in [-0.4, -0.2) is 47.2 Å². The Labute approximate surface area is 207 Å². The average molecular weight is 490 g/mol. The van der Waals surface area contributed by atoms with E-state index in [1.165, 1.54) is 12.8 Å². The fourth-order valence-electron chi connectivity index (χ4n) is 4.27. The zero-order valence-electron chi connectivity index (χ0n) is 20.8. The molecule has 2 N–H and O–H groups in total. The molecule has 0 aromatic heterocycles. The number of unbranched alkanes of at least 4 members (excludes halogenated alkanes) is 8. The zero-order chi connectivity index (χ0) is 25.5. The van der Waals surface area contributed by atoms with Crippen molar-refractivity contribution in [3.05, 3.63) is 35.9 Å². The number of rotatable bonds is 18. The number of carboxylic acid groups (broad SMARTS) is 1. The van der Waals surface area contributed by atoms with Crippen molar-refractivity contribution >= 4 is 23.8 Å². The van der Waals surface area contributed by atoms with Gasteiger partial charge in [-0.15, -0.1) is 0 Å². The molecule has 0 bridgehead atoms. The number of esters is 1. The van der Waals surface area contributed by atoms with Gasteiger partial charge in [-0.25, -0.2) is 14.4 Å². The van der Waals surface area contributed by atoms with Crippen molar-refractivity contribution < 1.29 is 33.8 Å². The van der Waals surface area contributed by atoms with Crippen molar-refractivity contribution in [1.29, 1.82) is 0 Å². The summed E-state index contributed by atoms with van der Waals surface area (Å²) in [6, 6.07) is 8.33. The lowest BCUT2D eigenvalue weighted by Crippen LogP contribution is -2.60. The molecule has 2 atom stereocenters. The van der Waals surface area contributed by atoms with Crippen LogP contribution in [-0.2, 0) is 19.1 Å². The largest absolute Gasteiger partial charge is 0.479 e. The smallest absolute Gasteiger partial charge is 0.408 e. The number of cyclic esters (lactones) is 1. The van der Waals surface area contributed by atoms with Crippen LogP contribution >= 0.6 is 0 Å². The molecule has 1 aliphatic heterocycles. The lowest BCUT2D eigenvalue weighted by Gasteiger charge is -2.31. The van der Waals surface area contributed by atoms with E-state index in [4.69, 9.17) is 9.47 Å². The van der Waals surface area contributed by atoms with Crippen molar-refractivity contribution in [2.45, 2.75) is 102 Å². The molecule has 1 fully saturated rings. The van der Waals surface area contributed by atoms with Gasteiger partial charge in [0.2, 0.25) is 5.54 Å². The number of carbonyl (C=O) groups is 4. The maximum Gasteiger partial charge on any atom is 0.408 e. The van der Waals surface area contributed by atoms with Gasteiger partial charge in [0.15, 0.2) is 0 Å². The van der Waals surface area contributed by atoms with Crippen molar-refractivity contribution in [2.24, 2.45) is 0 Å². The molecule has 1 aromatic carbocycles. The number of aliphatic carboxylic acids is 1. The van der Waals surface area contributed by atoms with Crippen LogP contribution in [0.25, 0.3) is 0 Å². The van der Waals surface area contributed by atoms with Gasteiger partial charge >= 0.3 is 18.0 Å². The summed E-state index contributed by atoms with van der Waals surface area (Å²) in [5.41, 5.74) is -1.50. The van der Waals surface area contributed by atoms with Crippen LogP contribution in [0.2, 0.25) is 0 Å². The maximum absolute atomic E-state index is 12.6. The molecule has 2 rings (SSSR count). The highest BCUT2D eigenvalue weighted by atomic mass is 16.6. The molecule has 0 spiro atoms. The van der Waals surface area contributed by atoms with E-state index in [9.17, 15) is 24.3 Å². The number of nitrogens with one attached hydrogen (secondary N) is 1. The van der Waals surface area contributed by atoms with Crippen molar-refractivity contribution in [3.63, 3.8) is 0 Å². The van der Waals surface area contributed by atoms with Crippen LogP contribution in [0.15, 0.2) is 30.3 Å². The van der Waals surface area contributed by atoms with E-state index in [-0.39, 0.29) is 6.42 Å². The summed E-state index contributed by atoms with van der Waals surface area (Å²) in [5, 5.41) is 12.2. The highest BCUT2D eigenvalue weighted by Crippen LogP contribution is 2.27. The van der Waals surface area contributed by atoms with Crippen LogP contribution < -0.4 is 5.32 Å². The van der Waals surface area contributed by atoms with Crippen LogP contribution in [0.3, 0.4) is 0 Å². The molecule has 1 amide bonds. The number of carboxylic acids is 1. The second kappa shape index (κ2) is 15.2. The summed E-state index contributed by atoms with van der Waals surface area (Å²) >= 11 is 0. The number of ether oxygens (including phenoxy) is 2. The van der Waals surface area contributed by atoms with E-state index >= 15 is 0 Å². The van der Waals surface area contributed by atoms with Crippen LogP contribution in [0.1, 0.15) is 101 Å². The molecular weight excluding hydrogens is 450 g/mol. The van der Waals surface area contributed by atoms with E-state index in [0.29, 0.717) is 30.6 Å². The Morgan fingerprint density at radius 3 is 2.14 bits per heavy atom. The van der Waals surface area contributed by atoms with Gasteiger partial charge in [-0.1, -0.05) is 70.1 Å². The Morgan fingerprint density at radius 1 is 0.971 bits per heavy atom. The average Bonchev–Trinajstić information content (AvgIpc) is 3.26. The van der Waals surface area contributed by atoms with Gasteiger partial charge in [0.1, 0.15) is 18.5 Å². The predicted molar refractivity (Wildman–Crippen MR) is 131 cm³/mol. The SMILES string of the molecule is CCCCCCC(=O)CCCCCCCC[C@@H](OC(=O)c1ccccc1)[C@]1(C(=O)O)COC(=O)N1. The van der Waals surface area contributed by atoms with Gasteiger partial charge in [0.05, 0.1) is 5.56 Å². The first kappa shape index (κ1) is 28.3. The minimum atomic E-state index is -1.81. The first-order valence-electron chi connectivity index (χ1n) is 12.8. The Bertz CT molecular complexity index is 826. The number of hydrogen-bond donors (Lipinski definition) is 2. The van der Waals surface area contributed by atoms with Gasteiger partial charge in [0.25, 0.3) is 0 Å². The van der Waals surface area contributed by atoms with Gasteiger partial charge in [0, 0.05) is 12.8 Å². The second-order valence-electron chi connectivity index (χ2n) is 9.25. The lowest BCUT2D eigenvalue weighted by molar-refractivity contribution is -0.150. The van der Waals surface area contributed by atoms with E-state index in [2.05, 4.69) is 12.2 Å². The fourth-order valence-corrected chi connectivity index (χ4v) is 4.27. The van der Waals surface area contributed by atoms with Gasteiger partial charge in [-0.05, 0) is 37.8 Å². The Hall–Kier alpha value is -2.90. The Morgan fingerprint density at radius 2 is 1.57 bits per heavy atom. The van der Waals surface area contributed by atoms with Crippen LogP contribution in [0, 0.1) is 0 Å². The van der Waals surface area contributed by atoms with Crippen LogP contribution in [0.4, 0.5) is 4.79 Å². The monoisotopic (exact) mass is 489 g/mol. The normalized spacial score (nSPS) is 17.9. The molecule has 0 aliphatic carbocycles. The molecular formula is C27H39NO7. The molecule has 1 aromatic rings. The van der Waals surface area contributed by atoms with E-state index in [0.717, 1.165) is 44.9 Å². The molecule has 0 saturated carbocycles. The molecule has 1 heterocycles. The summed E-state index contributed by atoms with van der Waals surface area (Å²) < 4.78 is 10.5. The topological polar surface area (TPSA) is 119 Å². The Balaban J connectivity index is 1.78. The standard InChI is InChI=1S/C27H39NO7/c1-2-3-4-12-17-22(29)18-13-7-5-6-8-14-19-23(27(25(31)32)20-34-26(33)28-27)35-24(30)21-15-10-9-11-16-21/h9-11,15-16,23H,2-8,12-14,17-20H2,1H3,(H,28,33)(H,31,32)/t23-,27+/m1/s1. The number of ketones is 1. The van der Waals surface area contributed by atoms with E-state index in [1.54, 1.807) is 30.3 Å². The first-order valence-corrected chi connectivity index (χ1v) is 12.8. The predicted octanol–water partition coefficient (Wildman–Crippen LogP) is 5.44. The molecule has 8 nitrogen and oxygen atoms in total. The molecule has 194 valence electrons. The second-order valence-corrected chi connectivity index (χ2v) is 9.25. The van der Waals surface area contributed by atoms with E-state index < -0.39 is 36.3 Å². The number of benzene rings is 1. The third-order valence-electron chi connectivity index (χ3n) is 6.43. The molecule has 1 aliphatic rings. The number of amides is 1. The molecule has 8 heteroatoms. The molecule has 0 radical (unpaired) electrons. The highest BCUT2D eigenvalue weighted by molar-refractivity contribution is 5.91. The maximum atomic E-state index is 12.6. The van der Waals surface area contributed by atoms with Crippen molar-refractivity contribution in [3.8, 4) is 0 Å². The van der Waals surface area contributed by atoms with Crippen molar-refractivity contribution in [1.82, 2.24) is 5.32 Å². The van der Waals surface area contributed by atoms with Crippen LogP contribution in [0.5, 0.6) is 0 Å². The molecule has 1 saturated heterocycles. The van der Waals surface area contributed by atoms with E-state index in [1.807, 2.05) is 0 Å². The first-order chi connectivity index (χ1) is 16.9.